The van der Waals surface area contributed by atoms with Crippen LogP contribution in [-0.4, -0.2) is 11.7 Å². The third kappa shape index (κ3) is 4.04. The summed E-state index contributed by atoms with van der Waals surface area (Å²) in [6.07, 6.45) is -1.85. The highest BCUT2D eigenvalue weighted by atomic mass is 19.4. The van der Waals surface area contributed by atoms with Gasteiger partial charge in [-0.1, -0.05) is 25.5 Å². The molecule has 17 heavy (non-hydrogen) atoms. The van der Waals surface area contributed by atoms with Crippen molar-refractivity contribution in [3.8, 4) is 0 Å². The van der Waals surface area contributed by atoms with Crippen LogP contribution < -0.4 is 0 Å². The summed E-state index contributed by atoms with van der Waals surface area (Å²) in [4.78, 5) is 0. The van der Waals surface area contributed by atoms with E-state index in [1.807, 2.05) is 6.92 Å². The highest BCUT2D eigenvalue weighted by Gasteiger charge is 2.30. The van der Waals surface area contributed by atoms with Crippen LogP contribution in [0, 0.1) is 0 Å². The lowest BCUT2D eigenvalue weighted by Gasteiger charge is -2.16. The summed E-state index contributed by atoms with van der Waals surface area (Å²) in [6, 6.07) is 5.24. The van der Waals surface area contributed by atoms with Crippen molar-refractivity contribution in [1.29, 1.82) is 0 Å². The van der Waals surface area contributed by atoms with Crippen LogP contribution in [0.1, 0.15) is 43.2 Å². The Balaban J connectivity index is 2.84. The zero-order chi connectivity index (χ0) is 12.9. The molecule has 1 rings (SSSR count). The highest BCUT2D eigenvalue weighted by molar-refractivity contribution is 5.27. The summed E-state index contributed by atoms with van der Waals surface area (Å²) in [5.74, 6) is 0.146. The second kappa shape index (κ2) is 6.05. The molecule has 1 aromatic rings. The minimum absolute atomic E-state index is 0.0612. The first-order chi connectivity index (χ1) is 7.99. The topological polar surface area (TPSA) is 20.2 Å². The average Bonchev–Trinajstić information content (AvgIpc) is 2.28. The van der Waals surface area contributed by atoms with Gasteiger partial charge in [-0.25, -0.2) is 0 Å². The molecular formula is C13H17F3O. The number of aliphatic hydroxyl groups excluding tert-OH is 1. The summed E-state index contributed by atoms with van der Waals surface area (Å²) in [5.41, 5.74) is 0.245. The second-order valence-corrected chi connectivity index (χ2v) is 4.12. The van der Waals surface area contributed by atoms with Crippen molar-refractivity contribution in [1.82, 2.24) is 0 Å². The van der Waals surface area contributed by atoms with Gasteiger partial charge in [0.25, 0.3) is 0 Å². The van der Waals surface area contributed by atoms with E-state index in [9.17, 15) is 13.2 Å². The van der Waals surface area contributed by atoms with Crippen LogP contribution >= 0.6 is 0 Å². The molecule has 0 bridgehead atoms. The molecule has 4 heteroatoms. The van der Waals surface area contributed by atoms with Gasteiger partial charge in [-0.3, -0.25) is 0 Å². The molecule has 1 aromatic carbocycles. The van der Waals surface area contributed by atoms with Gasteiger partial charge < -0.3 is 5.11 Å². The molecule has 0 aliphatic heterocycles. The van der Waals surface area contributed by atoms with E-state index in [0.29, 0.717) is 6.42 Å². The van der Waals surface area contributed by atoms with Crippen LogP contribution in [0.15, 0.2) is 24.3 Å². The van der Waals surface area contributed by atoms with Crippen molar-refractivity contribution < 1.29 is 18.3 Å². The standard InChI is InChI=1S/C13H17F3O/c1-2-3-10(8-9-17)11-4-6-12(7-5-11)13(14,15)16/h4-7,10,17H,2-3,8-9H2,1H3. The lowest BCUT2D eigenvalue weighted by molar-refractivity contribution is -0.137. The van der Waals surface area contributed by atoms with Crippen LogP contribution in [0.3, 0.4) is 0 Å². The minimum Gasteiger partial charge on any atom is -0.396 e. The molecule has 0 fully saturated rings. The van der Waals surface area contributed by atoms with Gasteiger partial charge in [-0.2, -0.15) is 13.2 Å². The van der Waals surface area contributed by atoms with Crippen molar-refractivity contribution in [3.05, 3.63) is 35.4 Å². The minimum atomic E-state index is -4.28. The van der Waals surface area contributed by atoms with E-state index in [-0.39, 0.29) is 12.5 Å². The lowest BCUT2D eigenvalue weighted by Crippen LogP contribution is -2.06. The highest BCUT2D eigenvalue weighted by Crippen LogP contribution is 2.31. The van der Waals surface area contributed by atoms with E-state index in [0.717, 1.165) is 30.5 Å². The van der Waals surface area contributed by atoms with Gasteiger partial charge in [0.15, 0.2) is 0 Å². The molecule has 0 aromatic heterocycles. The summed E-state index contributed by atoms with van der Waals surface area (Å²) >= 11 is 0. The third-order valence-electron chi connectivity index (χ3n) is 2.82. The van der Waals surface area contributed by atoms with E-state index < -0.39 is 11.7 Å². The van der Waals surface area contributed by atoms with Crippen molar-refractivity contribution in [3.63, 3.8) is 0 Å². The Labute approximate surface area is 99.3 Å². The van der Waals surface area contributed by atoms with E-state index in [1.54, 1.807) is 0 Å². The summed E-state index contributed by atoms with van der Waals surface area (Å²) in [6.45, 7) is 2.08. The van der Waals surface area contributed by atoms with Gasteiger partial charge in [-0.05, 0) is 36.5 Å². The average molecular weight is 246 g/mol. The SMILES string of the molecule is CCCC(CCO)c1ccc(C(F)(F)F)cc1. The first kappa shape index (κ1) is 14.0. The molecule has 0 heterocycles. The van der Waals surface area contributed by atoms with E-state index in [1.165, 1.54) is 12.1 Å². The van der Waals surface area contributed by atoms with Crippen molar-refractivity contribution in [2.24, 2.45) is 0 Å². The lowest BCUT2D eigenvalue weighted by atomic mass is 9.91. The molecule has 1 N–H and O–H groups in total. The molecule has 0 spiro atoms. The molecule has 0 amide bonds. The first-order valence-electron chi connectivity index (χ1n) is 5.77. The molecule has 0 aliphatic carbocycles. The maximum absolute atomic E-state index is 12.4. The fourth-order valence-corrected chi connectivity index (χ4v) is 1.93. The van der Waals surface area contributed by atoms with Gasteiger partial charge in [0, 0.05) is 6.61 Å². The molecule has 96 valence electrons. The van der Waals surface area contributed by atoms with Crippen LogP contribution in [0.5, 0.6) is 0 Å². The van der Waals surface area contributed by atoms with E-state index >= 15 is 0 Å². The molecular weight excluding hydrogens is 229 g/mol. The van der Waals surface area contributed by atoms with Crippen LogP contribution in [0.25, 0.3) is 0 Å². The van der Waals surface area contributed by atoms with Crippen LogP contribution in [-0.2, 0) is 6.18 Å². The Hall–Kier alpha value is -1.03. The first-order valence-corrected chi connectivity index (χ1v) is 5.77. The van der Waals surface area contributed by atoms with Crippen molar-refractivity contribution in [2.45, 2.75) is 38.3 Å². The Morgan fingerprint density at radius 2 is 1.71 bits per heavy atom. The van der Waals surface area contributed by atoms with Gasteiger partial charge in [0.2, 0.25) is 0 Å². The normalized spacial score (nSPS) is 13.7. The molecule has 0 radical (unpaired) electrons. The van der Waals surface area contributed by atoms with Gasteiger partial charge >= 0.3 is 6.18 Å². The molecule has 1 atom stereocenters. The number of alkyl halides is 3. The summed E-state index contributed by atoms with van der Waals surface area (Å²) < 4.78 is 37.1. The molecule has 0 saturated heterocycles. The van der Waals surface area contributed by atoms with E-state index in [4.69, 9.17) is 5.11 Å². The Bertz CT molecular complexity index is 324. The Kier molecular flexibility index (Phi) is 5.00. The number of rotatable bonds is 5. The maximum Gasteiger partial charge on any atom is 0.416 e. The van der Waals surface area contributed by atoms with Crippen LogP contribution in [0.4, 0.5) is 13.2 Å². The van der Waals surface area contributed by atoms with E-state index in [2.05, 4.69) is 0 Å². The van der Waals surface area contributed by atoms with Crippen molar-refractivity contribution >= 4 is 0 Å². The Morgan fingerprint density at radius 1 is 1.12 bits per heavy atom. The number of aliphatic hydroxyl groups is 1. The smallest absolute Gasteiger partial charge is 0.396 e. The van der Waals surface area contributed by atoms with Crippen molar-refractivity contribution in [2.75, 3.05) is 6.61 Å². The largest absolute Gasteiger partial charge is 0.416 e. The molecule has 1 nitrogen and oxygen atoms in total. The number of hydrogen-bond acceptors (Lipinski definition) is 1. The summed E-state index contributed by atoms with van der Waals surface area (Å²) in [5, 5.41) is 8.93. The fraction of sp³-hybridized carbons (Fsp3) is 0.538. The maximum atomic E-state index is 12.4. The second-order valence-electron chi connectivity index (χ2n) is 4.12. The zero-order valence-corrected chi connectivity index (χ0v) is 9.80. The molecule has 1 unspecified atom stereocenters. The van der Waals surface area contributed by atoms with Crippen LogP contribution in [0.2, 0.25) is 0 Å². The van der Waals surface area contributed by atoms with Gasteiger partial charge in [0.1, 0.15) is 0 Å². The molecule has 0 saturated carbocycles. The van der Waals surface area contributed by atoms with Gasteiger partial charge in [0.05, 0.1) is 5.56 Å². The quantitative estimate of drug-likeness (QED) is 0.833. The fourth-order valence-electron chi connectivity index (χ4n) is 1.93. The Morgan fingerprint density at radius 3 is 2.12 bits per heavy atom. The van der Waals surface area contributed by atoms with Gasteiger partial charge in [-0.15, -0.1) is 0 Å². The monoisotopic (exact) mass is 246 g/mol. The number of hydrogen-bond donors (Lipinski definition) is 1. The summed E-state index contributed by atoms with van der Waals surface area (Å²) in [7, 11) is 0. The number of benzene rings is 1. The zero-order valence-electron chi connectivity index (χ0n) is 9.80. The predicted molar refractivity (Wildman–Crippen MR) is 60.8 cm³/mol. The number of halogens is 3. The third-order valence-corrected chi connectivity index (χ3v) is 2.82. The predicted octanol–water partition coefficient (Wildman–Crippen LogP) is 3.97. The molecule has 0 aliphatic rings.